The Labute approximate surface area is 719 Å². The molecule has 9 aliphatic rings. The number of anilines is 1. The van der Waals surface area contributed by atoms with Crippen LogP contribution in [0.15, 0.2) is 199 Å². The Balaban J connectivity index is 0.000000141. The summed E-state index contributed by atoms with van der Waals surface area (Å²) >= 11 is 1.75. The van der Waals surface area contributed by atoms with Gasteiger partial charge in [0.1, 0.15) is 87.2 Å². The fourth-order valence-electron chi connectivity index (χ4n) is 18.1. The van der Waals surface area contributed by atoms with Crippen molar-refractivity contribution in [3.8, 4) is 46.0 Å². The molecule has 9 aromatic rings. The third-order valence-corrected chi connectivity index (χ3v) is 25.7. The fourth-order valence-corrected chi connectivity index (χ4v) is 19.3. The molecule has 9 unspecified atom stereocenters. The first kappa shape index (κ1) is 92.7. The van der Waals surface area contributed by atoms with Gasteiger partial charge in [-0.25, -0.2) is 0 Å². The van der Waals surface area contributed by atoms with Gasteiger partial charge in [-0.2, -0.15) is 0 Å². The van der Waals surface area contributed by atoms with Crippen LogP contribution in [-0.4, -0.2) is 101 Å². The molecular formula is C106H141NO11S. The molecule has 119 heavy (non-hydrogen) atoms. The van der Waals surface area contributed by atoms with Gasteiger partial charge in [0, 0.05) is 53.2 Å². The van der Waals surface area contributed by atoms with E-state index in [2.05, 4.69) is 272 Å². The summed E-state index contributed by atoms with van der Waals surface area (Å²) in [5.74, 6) is 13.2. The molecule has 0 spiro atoms. The third-order valence-electron chi connectivity index (χ3n) is 24.5. The molecule has 0 aromatic heterocycles. The second-order valence-electron chi connectivity index (χ2n) is 37.9. The van der Waals surface area contributed by atoms with Crippen LogP contribution in [0.1, 0.15) is 297 Å². The monoisotopic (exact) mass is 1640 g/mol. The summed E-state index contributed by atoms with van der Waals surface area (Å²) in [6.07, 6.45) is 6.92. The minimum atomic E-state index is -0.361. The van der Waals surface area contributed by atoms with Crippen LogP contribution in [0, 0.1) is 13.8 Å². The van der Waals surface area contributed by atoms with Crippen LogP contribution in [0.25, 0.3) is 0 Å². The highest BCUT2D eigenvalue weighted by molar-refractivity contribution is 7.99. The summed E-state index contributed by atoms with van der Waals surface area (Å²) in [5.41, 5.74) is 17.0. The zero-order valence-electron chi connectivity index (χ0n) is 76.1. The second kappa shape index (κ2) is 40.4. The number of hydrogen-bond donors (Lipinski definition) is 3. The van der Waals surface area contributed by atoms with Crippen LogP contribution < -0.4 is 42.8 Å². The highest BCUT2D eigenvalue weighted by Gasteiger charge is 2.37. The Hall–Kier alpha value is -8.59. The maximum Gasteiger partial charge on any atom is 0.123 e. The number of para-hydroxylation sites is 4. The number of fused-ring (bicyclic) bond motifs is 9. The summed E-state index contributed by atoms with van der Waals surface area (Å²) in [5, 5.41) is 28.6. The average Bonchev–Trinajstić information content (AvgIpc) is 0.796. The first-order chi connectivity index (χ1) is 56.2. The molecule has 9 aliphatic heterocycles. The number of rotatable bonds is 2. The van der Waals surface area contributed by atoms with Gasteiger partial charge in [-0.15, -0.1) is 11.8 Å². The summed E-state index contributed by atoms with van der Waals surface area (Å²) in [6, 6.07) is 66.8. The molecule has 12 nitrogen and oxygen atoms in total. The average molecular weight is 1640 g/mol. The van der Waals surface area contributed by atoms with Gasteiger partial charge in [-0.1, -0.05) is 202 Å². The van der Waals surface area contributed by atoms with E-state index in [1.807, 2.05) is 86.6 Å². The van der Waals surface area contributed by atoms with E-state index in [1.54, 1.807) is 18.9 Å². The largest absolute Gasteiger partial charge is 0.497 e. The molecule has 0 aliphatic carbocycles. The molecule has 18 rings (SSSR count). The van der Waals surface area contributed by atoms with Gasteiger partial charge in [-0.05, 0) is 286 Å². The van der Waals surface area contributed by atoms with Gasteiger partial charge < -0.3 is 58.1 Å². The number of aryl methyl sites for hydroxylation is 3. The quantitative estimate of drug-likeness (QED) is 0.152. The Morgan fingerprint density at radius 1 is 0.370 bits per heavy atom. The van der Waals surface area contributed by atoms with E-state index >= 15 is 0 Å². The topological polar surface area (TPSA) is 138 Å². The molecule has 12 atom stereocenters. The first-order valence-corrected chi connectivity index (χ1v) is 44.8. The molecule has 0 saturated carbocycles. The van der Waals surface area contributed by atoms with Crippen molar-refractivity contribution in [2.45, 2.75) is 302 Å². The number of thioether (sulfide) groups is 1. The maximum atomic E-state index is 9.60. The van der Waals surface area contributed by atoms with Crippen molar-refractivity contribution in [2.24, 2.45) is 0 Å². The lowest BCUT2D eigenvalue weighted by molar-refractivity contribution is 0.0713. The summed E-state index contributed by atoms with van der Waals surface area (Å²) in [4.78, 5) is 3.67. The Morgan fingerprint density at radius 3 is 1.24 bits per heavy atom. The molecule has 0 saturated heterocycles. The van der Waals surface area contributed by atoms with Gasteiger partial charge >= 0.3 is 0 Å². The molecule has 0 radical (unpaired) electrons. The SMILES string of the molecule is CC1CC(C)(C)Oc2ccccc21.CC1CCN(C)c2ccccc21.CC1c2ccccc2OC[C@@H]1O.CC1c2ccccc2OC[C@H]1O.CC1c2ccccc2SC[C@H]1O.CCc1ccc2c(c1)OC(C)(C)CC2C.COc1ccc2c(c1)C(C)CC(C)(C)O2.Cc1ccc2c(c1)C(C)CC(C)(C)O2.Cc1ccc2c(c1)OC(C)(C)CC2C. The molecule has 0 fully saturated rings. The Bertz CT molecular complexity index is 4600. The van der Waals surface area contributed by atoms with Crippen molar-refractivity contribution in [3.63, 3.8) is 0 Å². The normalized spacial score (nSPS) is 24.7. The lowest BCUT2D eigenvalue weighted by Gasteiger charge is -2.36. The summed E-state index contributed by atoms with van der Waals surface area (Å²) in [6.45, 7) is 49.8. The second-order valence-corrected chi connectivity index (χ2v) is 38.9. The van der Waals surface area contributed by atoms with Crippen molar-refractivity contribution in [3.05, 3.63) is 261 Å². The zero-order valence-corrected chi connectivity index (χ0v) is 77.0. The maximum absolute atomic E-state index is 9.60. The van der Waals surface area contributed by atoms with Crippen molar-refractivity contribution >= 4 is 17.4 Å². The summed E-state index contributed by atoms with van der Waals surface area (Å²) in [7, 11) is 3.87. The van der Waals surface area contributed by atoms with Crippen molar-refractivity contribution in [1.82, 2.24) is 0 Å². The van der Waals surface area contributed by atoms with E-state index in [9.17, 15) is 15.3 Å². The number of nitrogens with zero attached hydrogens (tertiary/aromatic N) is 1. The van der Waals surface area contributed by atoms with Gasteiger partial charge in [0.15, 0.2) is 0 Å². The molecule has 0 bridgehead atoms. The van der Waals surface area contributed by atoms with Crippen LogP contribution in [0.4, 0.5) is 5.69 Å². The van der Waals surface area contributed by atoms with Crippen molar-refractivity contribution < 1.29 is 53.2 Å². The van der Waals surface area contributed by atoms with E-state index in [4.69, 9.17) is 37.9 Å². The highest BCUT2D eigenvalue weighted by Crippen LogP contribution is 2.47. The third kappa shape index (κ3) is 25.1. The number of methoxy groups -OCH3 is 1. The van der Waals surface area contributed by atoms with E-state index in [0.717, 1.165) is 107 Å². The fraction of sp³-hybridized carbons (Fsp3) is 0.491. The van der Waals surface area contributed by atoms with Gasteiger partial charge in [0.05, 0.1) is 25.4 Å². The van der Waals surface area contributed by atoms with E-state index in [1.165, 1.54) is 79.2 Å². The smallest absolute Gasteiger partial charge is 0.123 e. The molecule has 13 heteroatoms. The van der Waals surface area contributed by atoms with E-state index < -0.39 is 0 Å². The molecule has 9 aromatic carbocycles. The van der Waals surface area contributed by atoms with Crippen molar-refractivity contribution in [2.75, 3.05) is 44.6 Å². The van der Waals surface area contributed by atoms with Crippen LogP contribution in [0.2, 0.25) is 0 Å². The number of aliphatic hydroxyl groups is 3. The lowest BCUT2D eigenvalue weighted by Crippen LogP contribution is -2.34. The molecule has 9 heterocycles. The predicted molar refractivity (Wildman–Crippen MR) is 493 cm³/mol. The van der Waals surface area contributed by atoms with Gasteiger partial charge in [0.25, 0.3) is 0 Å². The first-order valence-electron chi connectivity index (χ1n) is 43.8. The van der Waals surface area contributed by atoms with Gasteiger partial charge in [0.2, 0.25) is 0 Å². The minimum absolute atomic E-state index is 0.00618. The van der Waals surface area contributed by atoms with Crippen LogP contribution in [0.3, 0.4) is 0 Å². The Kier molecular flexibility index (Phi) is 31.5. The van der Waals surface area contributed by atoms with Crippen LogP contribution in [0.5, 0.6) is 46.0 Å². The van der Waals surface area contributed by atoms with Crippen LogP contribution in [-0.2, 0) is 6.42 Å². The standard InChI is InChI=1S/C14H20O.C13H18O2.2C13H18O.C12H16O.C11H15N.2C10H12O2.C10H12OS/c1-5-11-6-7-12-10(2)9-14(3,4)15-13(12)8-11;1-9-8-13(2,3)15-12-6-5-10(14-4)7-11(9)12;1-9-5-6-12-11(7-9)10(2)8-13(3,4)14-12;1-9-5-6-11-10(2)8-13(3,4)14-12(11)7-9;1-9-8-12(2,3)13-11-7-5-4-6-10(9)11;1-9-7-8-12(2)11-6-4-3-5-10(9)11;3*1-7-8-4-2-3-5-10(8)12-6-9(7)11/h6-8,10H,5,9H2,1-4H3;5-7,9H,8H2,1-4H3;2*5-7,10H,8H2,1-4H3;4-7,9H,8H2,1-3H3;3-6,9H,7-8H2,1-2H3;3*2-5,7,9,11H,6H2,1H3/t;;;;;;3*7?,9-/m......101/s1. The molecule has 642 valence electrons. The number of aliphatic hydroxyl groups excluding tert-OH is 3. The van der Waals surface area contributed by atoms with Crippen LogP contribution >= 0.6 is 11.8 Å². The number of benzene rings is 9. The molecular weight excluding hydrogens is 1500 g/mol. The molecule has 3 N–H and O–H groups in total. The van der Waals surface area contributed by atoms with E-state index in [-0.39, 0.29) is 58.2 Å². The Morgan fingerprint density at radius 2 is 0.739 bits per heavy atom. The highest BCUT2D eigenvalue weighted by atomic mass is 32.2. The predicted octanol–water partition coefficient (Wildman–Crippen LogP) is 25.9. The molecule has 0 amide bonds. The van der Waals surface area contributed by atoms with Gasteiger partial charge in [-0.3, -0.25) is 0 Å². The zero-order chi connectivity index (χ0) is 86.5. The summed E-state index contributed by atoms with van der Waals surface area (Å²) < 4.78 is 45.7. The number of hydrogen-bond acceptors (Lipinski definition) is 13. The van der Waals surface area contributed by atoms with Crippen molar-refractivity contribution in [1.29, 1.82) is 0 Å². The lowest BCUT2D eigenvalue weighted by atomic mass is 9.85. The number of ether oxygens (including phenoxy) is 8. The van der Waals surface area contributed by atoms with E-state index in [0.29, 0.717) is 48.7 Å². The minimum Gasteiger partial charge on any atom is -0.497 e.